The zero-order chi connectivity index (χ0) is 11.7. The van der Waals surface area contributed by atoms with Gasteiger partial charge in [0.2, 0.25) is 3.79 Å². The summed E-state index contributed by atoms with van der Waals surface area (Å²) in [6, 6.07) is 0. The van der Waals surface area contributed by atoms with E-state index in [9.17, 15) is 9.90 Å². The van der Waals surface area contributed by atoms with Crippen LogP contribution in [0.5, 0.6) is 0 Å². The van der Waals surface area contributed by atoms with Gasteiger partial charge in [-0.1, -0.05) is 71.5 Å². The van der Waals surface area contributed by atoms with Crippen molar-refractivity contribution < 1.29 is 9.90 Å². The van der Waals surface area contributed by atoms with Crippen molar-refractivity contribution in [1.29, 1.82) is 0 Å². The van der Waals surface area contributed by atoms with E-state index in [2.05, 4.69) is 15.9 Å². The fourth-order valence-corrected chi connectivity index (χ4v) is 2.64. The number of aliphatic hydroxyl groups excluding tert-OH is 1. The Morgan fingerprint density at radius 3 is 1.86 bits per heavy atom. The minimum absolute atomic E-state index is 0.212. The zero-order valence-corrected chi connectivity index (χ0v) is 11.9. The fourth-order valence-electron chi connectivity index (χ4n) is 0.723. The van der Waals surface area contributed by atoms with Crippen LogP contribution in [0.3, 0.4) is 0 Å². The van der Waals surface area contributed by atoms with Crippen molar-refractivity contribution in [2.75, 3.05) is 0 Å². The number of ketones is 1. The number of Topliss-reactive ketones (excluding diaryl/α,β-unsaturated/α-hetero) is 1. The van der Waals surface area contributed by atoms with Crippen LogP contribution in [-0.2, 0) is 4.79 Å². The molecule has 0 aliphatic carbocycles. The van der Waals surface area contributed by atoms with Gasteiger partial charge in [0.05, 0.1) is 0 Å². The molecule has 0 fully saturated rings. The van der Waals surface area contributed by atoms with Gasteiger partial charge in [-0.3, -0.25) is 4.79 Å². The van der Waals surface area contributed by atoms with Gasteiger partial charge in [-0.05, 0) is 0 Å². The second kappa shape index (κ2) is 4.88. The molecule has 0 aromatic heterocycles. The fraction of sp³-hybridized carbons (Fsp3) is 0.875. The molecule has 0 radical (unpaired) electrons. The van der Waals surface area contributed by atoms with E-state index < -0.39 is 20.1 Å². The lowest BCUT2D eigenvalue weighted by Crippen LogP contribution is -2.43. The van der Waals surface area contributed by atoms with Crippen LogP contribution in [0.4, 0.5) is 0 Å². The molecule has 0 saturated heterocycles. The van der Waals surface area contributed by atoms with Crippen molar-refractivity contribution in [2.45, 2.75) is 35.5 Å². The van der Waals surface area contributed by atoms with Gasteiger partial charge in [0.1, 0.15) is 10.9 Å². The number of rotatable bonds is 2. The van der Waals surface area contributed by atoms with Gasteiger partial charge in [0, 0.05) is 5.41 Å². The van der Waals surface area contributed by atoms with Crippen LogP contribution in [0.1, 0.15) is 20.8 Å². The first kappa shape index (κ1) is 15.0. The van der Waals surface area contributed by atoms with Crippen molar-refractivity contribution in [3.63, 3.8) is 0 Å². The number of hydrogen-bond acceptors (Lipinski definition) is 2. The number of halogens is 4. The average Bonchev–Trinajstić information content (AvgIpc) is 1.97. The first-order chi connectivity index (χ1) is 5.98. The number of carbonyl (C=O) groups is 1. The smallest absolute Gasteiger partial charge is 0.217 e. The molecule has 2 atom stereocenters. The van der Waals surface area contributed by atoms with Crippen LogP contribution >= 0.6 is 50.7 Å². The second-order valence-electron chi connectivity index (χ2n) is 4.00. The van der Waals surface area contributed by atoms with E-state index in [4.69, 9.17) is 34.8 Å². The molecule has 0 bridgehead atoms. The van der Waals surface area contributed by atoms with E-state index >= 15 is 0 Å². The van der Waals surface area contributed by atoms with Crippen molar-refractivity contribution >= 4 is 56.5 Å². The van der Waals surface area contributed by atoms with Crippen molar-refractivity contribution in [1.82, 2.24) is 0 Å². The molecule has 0 aliphatic rings. The Morgan fingerprint density at radius 2 is 1.64 bits per heavy atom. The molecule has 0 amide bonds. The number of carbonyl (C=O) groups excluding carboxylic acids is 1. The highest BCUT2D eigenvalue weighted by molar-refractivity contribution is 9.10. The summed E-state index contributed by atoms with van der Waals surface area (Å²) in [5.41, 5.74) is -0.592. The van der Waals surface area contributed by atoms with Gasteiger partial charge in [-0.15, -0.1) is 0 Å². The molecule has 2 nitrogen and oxygen atoms in total. The molecule has 6 heteroatoms. The highest BCUT2D eigenvalue weighted by Gasteiger charge is 2.42. The van der Waals surface area contributed by atoms with E-state index in [1.165, 1.54) is 0 Å². The molecule has 14 heavy (non-hydrogen) atoms. The van der Waals surface area contributed by atoms with E-state index in [1.54, 1.807) is 20.8 Å². The summed E-state index contributed by atoms with van der Waals surface area (Å²) in [4.78, 5) is 10.8. The topological polar surface area (TPSA) is 37.3 Å². The molecule has 0 aromatic carbocycles. The summed E-state index contributed by atoms with van der Waals surface area (Å²) in [6.45, 7) is 5.19. The van der Waals surface area contributed by atoms with Gasteiger partial charge in [0.25, 0.3) is 0 Å². The van der Waals surface area contributed by atoms with Gasteiger partial charge < -0.3 is 5.11 Å². The third-order valence-electron chi connectivity index (χ3n) is 1.60. The molecule has 0 heterocycles. The predicted octanol–water partition coefficient (Wildman–Crippen LogP) is 3.10. The lowest BCUT2D eigenvalue weighted by Gasteiger charge is -2.27. The Bertz CT molecular complexity index is 220. The lowest BCUT2D eigenvalue weighted by atomic mass is 9.88. The Balaban J connectivity index is 4.65. The second-order valence-corrected chi connectivity index (χ2v) is 7.36. The van der Waals surface area contributed by atoms with Crippen LogP contribution in [0.25, 0.3) is 0 Å². The molecule has 0 rings (SSSR count). The Labute approximate surface area is 107 Å². The summed E-state index contributed by atoms with van der Waals surface area (Å²) in [6.07, 6.45) is -1.36. The van der Waals surface area contributed by atoms with Crippen LogP contribution < -0.4 is 0 Å². The van der Waals surface area contributed by atoms with Crippen LogP contribution in [0.2, 0.25) is 0 Å². The standard InChI is InChI=1S/C8H12BrCl3O2/c1-7(2,3)5(13)4(9)6(14)8(10,11)12/h4,6,14H,1-3H3/t4-,6+/m1/s1. The maximum absolute atomic E-state index is 11.7. The Morgan fingerprint density at radius 1 is 1.29 bits per heavy atom. The molecular formula is C8H12BrCl3O2. The normalized spacial score (nSPS) is 17.7. The molecule has 84 valence electrons. The van der Waals surface area contributed by atoms with Crippen molar-refractivity contribution in [3.8, 4) is 0 Å². The molecular weight excluding hydrogens is 314 g/mol. The van der Waals surface area contributed by atoms with Crippen LogP contribution in [0.15, 0.2) is 0 Å². The number of alkyl halides is 4. The number of aliphatic hydroxyl groups is 1. The highest BCUT2D eigenvalue weighted by Crippen LogP contribution is 2.36. The van der Waals surface area contributed by atoms with Crippen LogP contribution in [0, 0.1) is 5.41 Å². The summed E-state index contributed by atoms with van der Waals surface area (Å²) in [7, 11) is 0. The summed E-state index contributed by atoms with van der Waals surface area (Å²) >= 11 is 19.4. The lowest BCUT2D eigenvalue weighted by molar-refractivity contribution is -0.127. The van der Waals surface area contributed by atoms with E-state index in [0.29, 0.717) is 0 Å². The molecule has 0 spiro atoms. The summed E-state index contributed by atoms with van der Waals surface area (Å²) in [5.74, 6) is -0.212. The highest BCUT2D eigenvalue weighted by atomic mass is 79.9. The van der Waals surface area contributed by atoms with Crippen molar-refractivity contribution in [3.05, 3.63) is 0 Å². The van der Waals surface area contributed by atoms with Crippen LogP contribution in [-0.4, -0.2) is 25.6 Å². The van der Waals surface area contributed by atoms with Gasteiger partial charge in [-0.25, -0.2) is 0 Å². The maximum atomic E-state index is 11.7. The monoisotopic (exact) mass is 324 g/mol. The SMILES string of the molecule is CC(C)(C)C(=O)[C@@H](Br)[C@H](O)C(Cl)(Cl)Cl. The molecule has 1 N–H and O–H groups in total. The van der Waals surface area contributed by atoms with Gasteiger partial charge >= 0.3 is 0 Å². The largest absolute Gasteiger partial charge is 0.387 e. The molecule has 0 unspecified atom stereocenters. The first-order valence-electron chi connectivity index (χ1n) is 3.91. The van der Waals surface area contributed by atoms with Gasteiger partial charge in [-0.2, -0.15) is 0 Å². The summed E-state index contributed by atoms with van der Waals surface area (Å²) < 4.78 is -1.87. The molecule has 0 saturated carbocycles. The average molecular weight is 326 g/mol. The van der Waals surface area contributed by atoms with E-state index in [-0.39, 0.29) is 5.78 Å². The maximum Gasteiger partial charge on any atom is 0.217 e. The first-order valence-corrected chi connectivity index (χ1v) is 5.96. The zero-order valence-electron chi connectivity index (χ0n) is 8.02. The van der Waals surface area contributed by atoms with E-state index in [1.807, 2.05) is 0 Å². The minimum Gasteiger partial charge on any atom is -0.387 e. The third kappa shape index (κ3) is 4.23. The Hall–Kier alpha value is 0.980. The quantitative estimate of drug-likeness (QED) is 0.792. The van der Waals surface area contributed by atoms with E-state index in [0.717, 1.165) is 0 Å². The molecule has 0 aliphatic heterocycles. The number of hydrogen-bond donors (Lipinski definition) is 1. The third-order valence-corrected chi connectivity index (χ3v) is 3.19. The minimum atomic E-state index is -1.87. The van der Waals surface area contributed by atoms with Crippen molar-refractivity contribution in [2.24, 2.45) is 5.41 Å². The van der Waals surface area contributed by atoms with Gasteiger partial charge in [0.15, 0.2) is 5.78 Å². The Kier molecular flexibility index (Phi) is 5.22. The summed E-state index contributed by atoms with van der Waals surface area (Å²) in [5, 5.41) is 9.52. The molecule has 0 aromatic rings. The predicted molar refractivity (Wildman–Crippen MR) is 63.5 cm³/mol.